The second-order valence-electron chi connectivity index (χ2n) is 15.8. The molecule has 17 heteroatoms. The SMILES string of the molecule is COc1ccc2c(O[C@@H]3C[C@H]4C(=O)N[C@]5(C(=O)O)CC5C=CCCCCC[C@H](NC(=O)OC5CCCC5)C(=O)N4C3)cc(-c3csc(NC(=O)C(C)C)n3)nc2c1Br. The smallest absolute Gasteiger partial charge is 0.408 e. The van der Waals surface area contributed by atoms with Crippen LogP contribution in [-0.4, -0.2) is 93.2 Å². The molecule has 0 bridgehead atoms. The number of nitrogens with one attached hydrogen (secondary N) is 3. The number of benzene rings is 1. The summed E-state index contributed by atoms with van der Waals surface area (Å²) in [5, 5.41) is 21.5. The molecule has 4 aliphatic rings. The first-order chi connectivity index (χ1) is 27.9. The van der Waals surface area contributed by atoms with E-state index in [2.05, 4.69) is 36.9 Å². The Hall–Kier alpha value is -4.77. The molecule has 1 aromatic carbocycles. The molecule has 15 nitrogen and oxygen atoms in total. The predicted octanol–water partition coefficient (Wildman–Crippen LogP) is 6.59. The van der Waals surface area contributed by atoms with E-state index in [9.17, 15) is 29.1 Å². The Balaban J connectivity index is 1.21. The summed E-state index contributed by atoms with van der Waals surface area (Å²) in [5.41, 5.74) is -0.0342. The number of fused-ring (bicyclic) bond motifs is 3. The van der Waals surface area contributed by atoms with Gasteiger partial charge in [0.05, 0.1) is 29.3 Å². The van der Waals surface area contributed by atoms with Gasteiger partial charge in [0.2, 0.25) is 17.7 Å². The fourth-order valence-corrected chi connectivity index (χ4v) is 9.26. The van der Waals surface area contributed by atoms with Crippen molar-refractivity contribution in [2.45, 2.75) is 114 Å². The van der Waals surface area contributed by atoms with Crippen molar-refractivity contribution in [2.75, 3.05) is 19.0 Å². The molecule has 4 heterocycles. The molecule has 1 saturated heterocycles. The zero-order chi connectivity index (χ0) is 41.1. The van der Waals surface area contributed by atoms with Crippen molar-refractivity contribution in [3.63, 3.8) is 0 Å². The van der Waals surface area contributed by atoms with Crippen LogP contribution < -0.4 is 25.4 Å². The fourth-order valence-electron chi connectivity index (χ4n) is 7.95. The monoisotopic (exact) mass is 880 g/mol. The second kappa shape index (κ2) is 17.6. The van der Waals surface area contributed by atoms with E-state index in [0.717, 1.165) is 44.9 Å². The molecule has 2 saturated carbocycles. The van der Waals surface area contributed by atoms with Crippen molar-refractivity contribution in [2.24, 2.45) is 11.8 Å². The molecule has 3 aromatic rings. The molecule has 7 rings (SSSR count). The largest absolute Gasteiger partial charge is 0.495 e. The van der Waals surface area contributed by atoms with Crippen molar-refractivity contribution >= 4 is 73.1 Å². The molecule has 4 N–H and O–H groups in total. The summed E-state index contributed by atoms with van der Waals surface area (Å²) in [7, 11) is 1.55. The van der Waals surface area contributed by atoms with Crippen LogP contribution in [0.15, 0.2) is 40.2 Å². The van der Waals surface area contributed by atoms with Crippen molar-refractivity contribution in [3.8, 4) is 22.9 Å². The molecule has 2 aromatic heterocycles. The molecule has 2 aliphatic carbocycles. The van der Waals surface area contributed by atoms with Gasteiger partial charge in [-0.25, -0.2) is 19.6 Å². The standard InChI is InChI=1S/C41H49BrN6O9S/c1-22(2)35(49)46-39-44-29(21-58-39)28-18-32(26-15-16-31(55-3)33(42)34(26)43-28)56-25-17-30-36(50)47-41(38(52)53)19-23(41)11-7-5-4-6-8-14-27(37(51)48(30)20-25)45-40(54)57-24-12-9-10-13-24/h7,11,15-16,18,21-25,27,30H,4-6,8-10,12-14,17,19-20H2,1-3H3,(H,45,54)(H,47,50)(H,52,53)(H,44,46,49)/t23?,25-,27+,30+,41-/m1/s1. The highest BCUT2D eigenvalue weighted by Gasteiger charge is 2.61. The first-order valence-corrected chi connectivity index (χ1v) is 21.6. The van der Waals surface area contributed by atoms with Crippen LogP contribution in [0, 0.1) is 11.8 Å². The number of nitrogens with zero attached hydrogens (tertiary/aromatic N) is 3. The highest BCUT2D eigenvalue weighted by molar-refractivity contribution is 9.10. The Morgan fingerprint density at radius 2 is 1.81 bits per heavy atom. The Morgan fingerprint density at radius 1 is 1.03 bits per heavy atom. The first kappa shape index (κ1) is 41.4. The molecular formula is C41H49BrN6O9S. The van der Waals surface area contributed by atoms with Crippen molar-refractivity contribution < 1.29 is 43.3 Å². The van der Waals surface area contributed by atoms with E-state index >= 15 is 0 Å². The Bertz CT molecular complexity index is 2100. The number of methoxy groups -OCH3 is 1. The number of pyridine rings is 1. The van der Waals surface area contributed by atoms with Crippen LogP contribution in [-0.2, 0) is 23.9 Å². The number of anilines is 1. The molecule has 310 valence electrons. The van der Waals surface area contributed by atoms with Gasteiger partial charge < -0.3 is 40.2 Å². The van der Waals surface area contributed by atoms with Gasteiger partial charge in [-0.2, -0.15) is 0 Å². The minimum Gasteiger partial charge on any atom is -0.495 e. The van der Waals surface area contributed by atoms with Gasteiger partial charge in [0.1, 0.15) is 47.0 Å². The van der Waals surface area contributed by atoms with Crippen LogP contribution in [0.5, 0.6) is 11.5 Å². The van der Waals surface area contributed by atoms with Gasteiger partial charge in [0, 0.05) is 35.1 Å². The summed E-state index contributed by atoms with van der Waals surface area (Å²) in [4.78, 5) is 77.9. The number of aliphatic carboxylic acids is 1. The number of ether oxygens (including phenoxy) is 3. The molecule has 5 atom stereocenters. The minimum absolute atomic E-state index is 0.0191. The van der Waals surface area contributed by atoms with Crippen molar-refractivity contribution in [1.82, 2.24) is 25.5 Å². The molecule has 3 fully saturated rings. The predicted molar refractivity (Wildman–Crippen MR) is 220 cm³/mol. The third-order valence-corrected chi connectivity index (χ3v) is 12.9. The van der Waals surface area contributed by atoms with Gasteiger partial charge in [0.25, 0.3) is 0 Å². The molecule has 1 unspecified atom stereocenters. The zero-order valence-corrected chi connectivity index (χ0v) is 35.2. The Kier molecular flexibility index (Phi) is 12.6. The van der Waals surface area contributed by atoms with Gasteiger partial charge in [-0.1, -0.05) is 38.8 Å². The lowest BCUT2D eigenvalue weighted by Gasteiger charge is -2.29. The van der Waals surface area contributed by atoms with Crippen molar-refractivity contribution in [1.29, 1.82) is 0 Å². The van der Waals surface area contributed by atoms with E-state index in [-0.39, 0.29) is 43.2 Å². The van der Waals surface area contributed by atoms with E-state index < -0.39 is 47.6 Å². The van der Waals surface area contributed by atoms with Crippen LogP contribution in [0.1, 0.15) is 84.5 Å². The average molecular weight is 882 g/mol. The average Bonchev–Trinajstić information content (AvgIpc) is 3.62. The number of halogens is 1. The Morgan fingerprint density at radius 3 is 2.55 bits per heavy atom. The topological polar surface area (TPSA) is 198 Å². The number of allylic oxidation sites excluding steroid dienone is 1. The van der Waals surface area contributed by atoms with Crippen LogP contribution in [0.2, 0.25) is 0 Å². The lowest BCUT2D eigenvalue weighted by Crippen LogP contribution is -2.56. The van der Waals surface area contributed by atoms with Crippen LogP contribution in [0.4, 0.5) is 9.93 Å². The highest BCUT2D eigenvalue weighted by Crippen LogP contribution is 2.46. The summed E-state index contributed by atoms with van der Waals surface area (Å²) in [6.45, 7) is 3.57. The molecule has 0 radical (unpaired) electrons. The molecule has 4 amide bonds. The minimum atomic E-state index is -1.48. The summed E-state index contributed by atoms with van der Waals surface area (Å²) >= 11 is 4.89. The maximum atomic E-state index is 14.6. The summed E-state index contributed by atoms with van der Waals surface area (Å²) in [5.74, 6) is -2.06. The fraction of sp³-hybridized carbons (Fsp3) is 0.537. The maximum absolute atomic E-state index is 14.6. The lowest BCUT2D eigenvalue weighted by atomic mass is 10.0. The van der Waals surface area contributed by atoms with Gasteiger partial charge in [0.15, 0.2) is 5.13 Å². The van der Waals surface area contributed by atoms with Crippen LogP contribution in [0.3, 0.4) is 0 Å². The number of aromatic nitrogens is 2. The maximum Gasteiger partial charge on any atom is 0.408 e. The summed E-state index contributed by atoms with van der Waals surface area (Å²) in [6, 6.07) is 3.24. The lowest BCUT2D eigenvalue weighted by molar-refractivity contribution is -0.145. The highest BCUT2D eigenvalue weighted by atomic mass is 79.9. The second-order valence-corrected chi connectivity index (χ2v) is 17.4. The van der Waals surface area contributed by atoms with Gasteiger partial charge in [-0.15, -0.1) is 11.3 Å². The van der Waals surface area contributed by atoms with Gasteiger partial charge in [-0.3, -0.25) is 14.4 Å². The number of carboxylic acids is 1. The zero-order valence-electron chi connectivity index (χ0n) is 32.8. The molecule has 0 spiro atoms. The normalized spacial score (nSPS) is 25.3. The number of alkyl carbamates (subject to hydrolysis) is 1. The third-order valence-electron chi connectivity index (χ3n) is 11.4. The van der Waals surface area contributed by atoms with E-state index in [1.54, 1.807) is 44.5 Å². The number of carbonyl (C=O) groups is 5. The first-order valence-electron chi connectivity index (χ1n) is 20.0. The van der Waals surface area contributed by atoms with Gasteiger partial charge >= 0.3 is 12.1 Å². The van der Waals surface area contributed by atoms with E-state index in [1.807, 2.05) is 12.2 Å². The number of rotatable bonds is 9. The van der Waals surface area contributed by atoms with E-state index in [1.165, 1.54) is 16.2 Å². The third kappa shape index (κ3) is 8.94. The number of carbonyl (C=O) groups excluding carboxylic acids is 4. The quantitative estimate of drug-likeness (QED) is 0.169. The number of thiazole rings is 1. The van der Waals surface area contributed by atoms with Crippen LogP contribution >= 0.6 is 27.3 Å². The Labute approximate surface area is 348 Å². The van der Waals surface area contributed by atoms with Crippen LogP contribution in [0.25, 0.3) is 22.3 Å². The summed E-state index contributed by atoms with van der Waals surface area (Å²) < 4.78 is 18.5. The summed E-state index contributed by atoms with van der Waals surface area (Å²) in [6.07, 6.45) is 9.32. The number of hydrogen-bond acceptors (Lipinski definition) is 11. The van der Waals surface area contributed by atoms with Gasteiger partial charge in [-0.05, 0) is 79.4 Å². The molecule has 2 aliphatic heterocycles. The molecule has 58 heavy (non-hydrogen) atoms. The number of hydrogen-bond donors (Lipinski definition) is 4. The van der Waals surface area contributed by atoms with E-state index in [0.29, 0.717) is 56.2 Å². The molecular weight excluding hydrogens is 832 g/mol. The number of carboxylic acid groups (broad SMARTS) is 1. The van der Waals surface area contributed by atoms with E-state index in [4.69, 9.17) is 19.2 Å². The number of amides is 4. The van der Waals surface area contributed by atoms with Crippen molar-refractivity contribution in [3.05, 3.63) is 40.2 Å².